The second-order valence-corrected chi connectivity index (χ2v) is 3.18. The van der Waals surface area contributed by atoms with Crippen LogP contribution in [-0.2, 0) is 4.79 Å². The Morgan fingerprint density at radius 3 is 2.71 bits per heavy atom. The fourth-order valence-corrected chi connectivity index (χ4v) is 1.13. The molecule has 0 bridgehead atoms. The molecule has 0 saturated carbocycles. The van der Waals surface area contributed by atoms with Crippen LogP contribution in [0.5, 0.6) is 5.75 Å². The van der Waals surface area contributed by atoms with Gasteiger partial charge in [0.2, 0.25) is 0 Å². The molecule has 0 unspecified atom stereocenters. The molecule has 0 spiro atoms. The molecule has 2 nitrogen and oxygen atoms in total. The molecule has 0 aliphatic heterocycles. The smallest absolute Gasteiger partial charge is 0.310 e. The van der Waals surface area contributed by atoms with Gasteiger partial charge in [-0.15, -0.1) is 0 Å². The normalized spacial score (nSPS) is 9.57. The highest BCUT2D eigenvalue weighted by atomic mass is 35.5. The third kappa shape index (κ3) is 2.60. The maximum absolute atomic E-state index is 11.1. The van der Waals surface area contributed by atoms with E-state index >= 15 is 0 Å². The molecule has 0 aliphatic rings. The quantitative estimate of drug-likeness (QED) is 0.566. The summed E-state index contributed by atoms with van der Waals surface area (Å²) < 4.78 is 5.07. The summed E-state index contributed by atoms with van der Waals surface area (Å²) in [5.74, 6) is 0.176. The summed E-state index contributed by atoms with van der Waals surface area (Å²) in [6.45, 7) is 5.33. The molecule has 14 heavy (non-hydrogen) atoms. The topological polar surface area (TPSA) is 26.3 Å². The van der Waals surface area contributed by atoms with E-state index in [1.54, 1.807) is 25.1 Å². The minimum Gasteiger partial charge on any atom is -0.426 e. The van der Waals surface area contributed by atoms with Crippen LogP contribution < -0.4 is 4.74 Å². The zero-order valence-electron chi connectivity index (χ0n) is 7.92. The molecule has 0 aromatic heterocycles. The minimum atomic E-state index is -0.282. The molecule has 0 N–H and O–H groups in total. The molecule has 0 fully saturated rings. The number of benzene rings is 1. The Morgan fingerprint density at radius 2 is 2.14 bits per heavy atom. The van der Waals surface area contributed by atoms with Crippen molar-refractivity contribution in [1.82, 2.24) is 0 Å². The van der Waals surface area contributed by atoms with Gasteiger partial charge in [0.1, 0.15) is 5.75 Å². The Hall–Kier alpha value is -1.28. The number of carbonyl (C=O) groups excluding carboxylic acids is 1. The van der Waals surface area contributed by atoms with Gasteiger partial charge in [-0.1, -0.05) is 37.2 Å². The summed E-state index contributed by atoms with van der Waals surface area (Å²) >= 11 is 5.75. The largest absolute Gasteiger partial charge is 0.426 e. The van der Waals surface area contributed by atoms with Crippen LogP contribution in [0, 0.1) is 0 Å². The predicted octanol–water partition coefficient (Wildman–Crippen LogP) is 3.21. The van der Waals surface area contributed by atoms with Crippen molar-refractivity contribution in [3.05, 3.63) is 36.4 Å². The SMILES string of the molecule is C=C(Cl)c1ccccc1OC(=O)CC. The number of ether oxygens (including phenoxy) is 1. The van der Waals surface area contributed by atoms with E-state index in [1.807, 2.05) is 6.07 Å². The number of carbonyl (C=O) groups is 1. The van der Waals surface area contributed by atoms with Gasteiger partial charge in [-0.05, 0) is 12.1 Å². The first-order chi connectivity index (χ1) is 6.65. The number of hydrogen-bond acceptors (Lipinski definition) is 2. The van der Waals surface area contributed by atoms with Crippen LogP contribution in [0.4, 0.5) is 0 Å². The lowest BCUT2D eigenvalue weighted by molar-refractivity contribution is -0.134. The maximum Gasteiger partial charge on any atom is 0.310 e. The third-order valence-corrected chi connectivity index (χ3v) is 1.90. The van der Waals surface area contributed by atoms with Gasteiger partial charge in [-0.3, -0.25) is 4.79 Å². The average molecular weight is 211 g/mol. The lowest BCUT2D eigenvalue weighted by Gasteiger charge is -2.07. The molecule has 1 aromatic rings. The first kappa shape index (κ1) is 10.8. The number of halogens is 1. The second kappa shape index (κ2) is 4.82. The number of para-hydroxylation sites is 1. The summed E-state index contributed by atoms with van der Waals surface area (Å²) in [6, 6.07) is 7.04. The molecule has 0 aliphatic carbocycles. The van der Waals surface area contributed by atoms with Crippen molar-refractivity contribution in [2.24, 2.45) is 0 Å². The highest BCUT2D eigenvalue weighted by Gasteiger charge is 2.07. The van der Waals surface area contributed by atoms with Crippen LogP contribution in [-0.4, -0.2) is 5.97 Å². The van der Waals surface area contributed by atoms with E-state index in [1.165, 1.54) is 0 Å². The predicted molar refractivity (Wildman–Crippen MR) is 57.3 cm³/mol. The monoisotopic (exact) mass is 210 g/mol. The van der Waals surface area contributed by atoms with E-state index in [-0.39, 0.29) is 5.97 Å². The first-order valence-corrected chi connectivity index (χ1v) is 4.67. The fourth-order valence-electron chi connectivity index (χ4n) is 0.975. The Kier molecular flexibility index (Phi) is 3.72. The molecule has 1 aromatic carbocycles. The van der Waals surface area contributed by atoms with Gasteiger partial charge < -0.3 is 4.74 Å². The van der Waals surface area contributed by atoms with E-state index in [0.717, 1.165) is 0 Å². The van der Waals surface area contributed by atoms with E-state index < -0.39 is 0 Å². The molecule has 0 atom stereocenters. The van der Waals surface area contributed by atoms with Crippen molar-refractivity contribution in [3.8, 4) is 5.75 Å². The van der Waals surface area contributed by atoms with Crippen LogP contribution in [0.2, 0.25) is 0 Å². The summed E-state index contributed by atoms with van der Waals surface area (Å²) in [5, 5.41) is 0.365. The summed E-state index contributed by atoms with van der Waals surface area (Å²) in [5.41, 5.74) is 0.649. The molecular formula is C11H11ClO2. The lowest BCUT2D eigenvalue weighted by Crippen LogP contribution is -2.06. The highest BCUT2D eigenvalue weighted by molar-refractivity contribution is 6.48. The van der Waals surface area contributed by atoms with Crippen molar-refractivity contribution in [2.45, 2.75) is 13.3 Å². The van der Waals surface area contributed by atoms with E-state index in [0.29, 0.717) is 22.8 Å². The van der Waals surface area contributed by atoms with Gasteiger partial charge in [-0.2, -0.15) is 0 Å². The van der Waals surface area contributed by atoms with Crippen LogP contribution in [0.25, 0.3) is 5.03 Å². The van der Waals surface area contributed by atoms with Crippen LogP contribution in [0.1, 0.15) is 18.9 Å². The second-order valence-electron chi connectivity index (χ2n) is 2.73. The molecule has 0 radical (unpaired) electrons. The third-order valence-electron chi connectivity index (χ3n) is 1.69. The Morgan fingerprint density at radius 1 is 1.50 bits per heavy atom. The molecule has 0 saturated heterocycles. The standard InChI is InChI=1S/C11H11ClO2/c1-3-11(13)14-10-7-5-4-6-9(10)8(2)12/h4-7H,2-3H2,1H3. The van der Waals surface area contributed by atoms with Crippen molar-refractivity contribution < 1.29 is 9.53 Å². The molecule has 0 amide bonds. The highest BCUT2D eigenvalue weighted by Crippen LogP contribution is 2.27. The van der Waals surface area contributed by atoms with E-state index in [9.17, 15) is 4.79 Å². The summed E-state index contributed by atoms with van der Waals surface area (Å²) in [7, 11) is 0. The van der Waals surface area contributed by atoms with Crippen molar-refractivity contribution in [1.29, 1.82) is 0 Å². The van der Waals surface area contributed by atoms with Gasteiger partial charge in [0.25, 0.3) is 0 Å². The van der Waals surface area contributed by atoms with Crippen molar-refractivity contribution >= 4 is 22.6 Å². The number of rotatable bonds is 3. The van der Waals surface area contributed by atoms with Crippen molar-refractivity contribution in [3.63, 3.8) is 0 Å². The zero-order valence-corrected chi connectivity index (χ0v) is 8.67. The summed E-state index contributed by atoms with van der Waals surface area (Å²) in [4.78, 5) is 11.1. The fraction of sp³-hybridized carbons (Fsp3) is 0.182. The molecule has 1 rings (SSSR count). The molecule has 3 heteroatoms. The van der Waals surface area contributed by atoms with Gasteiger partial charge in [0.15, 0.2) is 0 Å². The Labute approximate surface area is 88.1 Å². The van der Waals surface area contributed by atoms with Gasteiger partial charge in [0.05, 0.1) is 0 Å². The van der Waals surface area contributed by atoms with Crippen LogP contribution in [0.15, 0.2) is 30.8 Å². The number of esters is 1. The number of hydrogen-bond donors (Lipinski definition) is 0. The molecular weight excluding hydrogens is 200 g/mol. The van der Waals surface area contributed by atoms with Crippen LogP contribution >= 0.6 is 11.6 Å². The van der Waals surface area contributed by atoms with Crippen molar-refractivity contribution in [2.75, 3.05) is 0 Å². The molecule has 0 heterocycles. The Balaban J connectivity index is 2.95. The Bertz CT molecular complexity index is 358. The lowest BCUT2D eigenvalue weighted by atomic mass is 10.2. The first-order valence-electron chi connectivity index (χ1n) is 4.29. The minimum absolute atomic E-state index is 0.282. The van der Waals surface area contributed by atoms with E-state index in [4.69, 9.17) is 16.3 Å². The van der Waals surface area contributed by atoms with Gasteiger partial charge >= 0.3 is 5.97 Å². The van der Waals surface area contributed by atoms with E-state index in [2.05, 4.69) is 6.58 Å². The maximum atomic E-state index is 11.1. The average Bonchev–Trinajstić information content (AvgIpc) is 2.18. The van der Waals surface area contributed by atoms with Crippen LogP contribution in [0.3, 0.4) is 0 Å². The van der Waals surface area contributed by atoms with Gasteiger partial charge in [-0.25, -0.2) is 0 Å². The zero-order chi connectivity index (χ0) is 10.6. The summed E-state index contributed by atoms with van der Waals surface area (Å²) in [6.07, 6.45) is 0.336. The molecule has 74 valence electrons. The van der Waals surface area contributed by atoms with Gasteiger partial charge in [0, 0.05) is 17.0 Å².